The Labute approximate surface area is 238 Å². The summed E-state index contributed by atoms with van der Waals surface area (Å²) in [7, 11) is 0. The van der Waals surface area contributed by atoms with Crippen molar-refractivity contribution < 1.29 is 33.3 Å². The van der Waals surface area contributed by atoms with Gasteiger partial charge in [-0.2, -0.15) is 10.4 Å². The molecule has 2 aromatic rings. The van der Waals surface area contributed by atoms with Gasteiger partial charge in [0.2, 0.25) is 5.60 Å². The highest BCUT2D eigenvalue weighted by Gasteiger charge is 2.65. The van der Waals surface area contributed by atoms with E-state index >= 15 is 0 Å². The van der Waals surface area contributed by atoms with Gasteiger partial charge in [-0.1, -0.05) is 0 Å². The molecule has 1 aliphatic carbocycles. The number of alkyl carbamates (subject to hydrolysis) is 1. The average molecular weight is 571 g/mol. The van der Waals surface area contributed by atoms with Gasteiger partial charge in [0, 0.05) is 12.5 Å². The summed E-state index contributed by atoms with van der Waals surface area (Å²) < 4.78 is 31.1. The summed E-state index contributed by atoms with van der Waals surface area (Å²) in [5.74, 6) is -0.916. The first-order chi connectivity index (χ1) is 19.3. The molecule has 13 nitrogen and oxygen atoms in total. The third-order valence-corrected chi connectivity index (χ3v) is 7.69. The number of hydrogen-bond donors (Lipinski definition) is 2. The molecule has 5 rings (SSSR count). The number of rotatable bonds is 6. The molecule has 0 spiro atoms. The lowest BCUT2D eigenvalue weighted by Gasteiger charge is -2.30. The molecule has 1 amide bonds. The van der Waals surface area contributed by atoms with Gasteiger partial charge in [-0.15, -0.1) is 0 Å². The second kappa shape index (κ2) is 10.7. The van der Waals surface area contributed by atoms with Gasteiger partial charge in [0.15, 0.2) is 11.6 Å². The molecule has 3 aliphatic rings. The van der Waals surface area contributed by atoms with Crippen LogP contribution in [-0.4, -0.2) is 69.0 Å². The number of carbonyl (C=O) groups is 2. The number of fused-ring (bicyclic) bond motifs is 2. The van der Waals surface area contributed by atoms with Crippen LogP contribution in [0.4, 0.5) is 10.6 Å². The van der Waals surface area contributed by atoms with Crippen molar-refractivity contribution in [1.29, 1.82) is 5.26 Å². The number of carbonyl (C=O) groups excluding carboxylic acids is 2. The molecule has 41 heavy (non-hydrogen) atoms. The number of esters is 1. The van der Waals surface area contributed by atoms with E-state index in [4.69, 9.17) is 29.4 Å². The van der Waals surface area contributed by atoms with Crippen LogP contribution in [-0.2, 0) is 34.1 Å². The second-order valence-electron chi connectivity index (χ2n) is 12.4. The van der Waals surface area contributed by atoms with Gasteiger partial charge in [0.25, 0.3) is 0 Å². The van der Waals surface area contributed by atoms with E-state index in [9.17, 15) is 14.9 Å². The number of anilines is 1. The van der Waals surface area contributed by atoms with Crippen LogP contribution in [0, 0.1) is 17.2 Å². The van der Waals surface area contributed by atoms with E-state index in [2.05, 4.69) is 21.5 Å². The SMILES string of the molecule is CC(C)(C)OC(=O)NC1CCC(CC(=O)OC[C@H]2O[C@@](C#N)(c3ccc4c(N)ncnn34)[C@@H]3OC(C)(C)O[C@@H]32)CC1. The van der Waals surface area contributed by atoms with Crippen LogP contribution in [0.2, 0.25) is 0 Å². The molecular formula is C28H38N6O7. The van der Waals surface area contributed by atoms with Crippen molar-refractivity contribution in [2.24, 2.45) is 5.92 Å². The molecule has 0 aromatic carbocycles. The smallest absolute Gasteiger partial charge is 0.407 e. The minimum absolute atomic E-state index is 0.0219. The molecule has 1 saturated carbocycles. The fourth-order valence-corrected chi connectivity index (χ4v) is 5.92. The zero-order valence-corrected chi connectivity index (χ0v) is 24.1. The third-order valence-electron chi connectivity index (χ3n) is 7.69. The zero-order chi connectivity index (χ0) is 29.6. The molecule has 3 fully saturated rings. The van der Waals surface area contributed by atoms with E-state index in [0.717, 1.165) is 25.7 Å². The quantitative estimate of drug-likeness (QED) is 0.489. The van der Waals surface area contributed by atoms with Crippen LogP contribution >= 0.6 is 0 Å². The number of ether oxygens (including phenoxy) is 5. The molecular weight excluding hydrogens is 532 g/mol. The van der Waals surface area contributed by atoms with Crippen LogP contribution in [0.15, 0.2) is 18.5 Å². The van der Waals surface area contributed by atoms with Gasteiger partial charge >= 0.3 is 12.1 Å². The van der Waals surface area contributed by atoms with Crippen molar-refractivity contribution >= 4 is 23.4 Å². The van der Waals surface area contributed by atoms with Gasteiger partial charge in [-0.3, -0.25) is 4.79 Å². The lowest BCUT2D eigenvalue weighted by molar-refractivity contribution is -0.207. The summed E-state index contributed by atoms with van der Waals surface area (Å²) in [6.45, 7) is 8.91. The largest absolute Gasteiger partial charge is 0.463 e. The van der Waals surface area contributed by atoms with Gasteiger partial charge in [0.05, 0.1) is 5.69 Å². The predicted molar refractivity (Wildman–Crippen MR) is 144 cm³/mol. The topological polar surface area (TPSA) is 172 Å². The lowest BCUT2D eigenvalue weighted by Crippen LogP contribution is -2.41. The highest BCUT2D eigenvalue weighted by atomic mass is 16.8. The number of nitrogens with two attached hydrogens (primary N) is 1. The maximum absolute atomic E-state index is 12.8. The molecule has 2 aliphatic heterocycles. The van der Waals surface area contributed by atoms with Crippen molar-refractivity contribution in [3.63, 3.8) is 0 Å². The van der Waals surface area contributed by atoms with Gasteiger partial charge in [-0.25, -0.2) is 14.3 Å². The lowest BCUT2D eigenvalue weighted by atomic mass is 9.84. The number of nitrogen functional groups attached to an aromatic ring is 1. The Balaban J connectivity index is 1.20. The van der Waals surface area contributed by atoms with Crippen LogP contribution in [0.1, 0.15) is 72.4 Å². The van der Waals surface area contributed by atoms with Crippen LogP contribution < -0.4 is 11.1 Å². The van der Waals surface area contributed by atoms with Crippen LogP contribution in [0.3, 0.4) is 0 Å². The summed E-state index contributed by atoms with van der Waals surface area (Å²) in [5, 5.41) is 17.6. The number of nitrogens with one attached hydrogen (secondary N) is 1. The minimum Gasteiger partial charge on any atom is -0.463 e. The Hall–Kier alpha value is -3.47. The number of amides is 1. The van der Waals surface area contributed by atoms with Crippen molar-refractivity contribution in [1.82, 2.24) is 19.9 Å². The first-order valence-corrected chi connectivity index (χ1v) is 14.0. The summed E-state index contributed by atoms with van der Waals surface area (Å²) in [5.41, 5.74) is 4.82. The van der Waals surface area contributed by atoms with Crippen molar-refractivity contribution in [2.45, 2.75) is 108 Å². The summed E-state index contributed by atoms with van der Waals surface area (Å²) in [6, 6.07) is 5.73. The number of aromatic nitrogens is 3. The zero-order valence-electron chi connectivity index (χ0n) is 24.1. The Morgan fingerprint density at radius 1 is 1.20 bits per heavy atom. The van der Waals surface area contributed by atoms with E-state index in [-0.39, 0.29) is 36.8 Å². The molecule has 2 saturated heterocycles. The van der Waals surface area contributed by atoms with Gasteiger partial charge in [0.1, 0.15) is 48.4 Å². The Bertz CT molecular complexity index is 1340. The first kappa shape index (κ1) is 29.0. The Morgan fingerprint density at radius 2 is 1.93 bits per heavy atom. The molecule has 4 atom stereocenters. The highest BCUT2D eigenvalue weighted by Crippen LogP contribution is 2.49. The van der Waals surface area contributed by atoms with Crippen LogP contribution in [0.25, 0.3) is 5.52 Å². The Kier molecular flexibility index (Phi) is 7.61. The van der Waals surface area contributed by atoms with E-state index in [1.54, 1.807) is 26.0 Å². The second-order valence-corrected chi connectivity index (χ2v) is 12.4. The number of hydrogen-bond acceptors (Lipinski definition) is 11. The van der Waals surface area contributed by atoms with Crippen molar-refractivity contribution in [3.8, 4) is 6.07 Å². The van der Waals surface area contributed by atoms with Gasteiger partial charge < -0.3 is 34.7 Å². The van der Waals surface area contributed by atoms with Crippen molar-refractivity contribution in [3.05, 3.63) is 24.2 Å². The summed E-state index contributed by atoms with van der Waals surface area (Å²) in [4.78, 5) is 28.9. The van der Waals surface area contributed by atoms with E-state index in [1.807, 2.05) is 20.8 Å². The fraction of sp³-hybridized carbons (Fsp3) is 0.679. The van der Waals surface area contributed by atoms with Crippen LogP contribution in [0.5, 0.6) is 0 Å². The standard InChI is InChI=1S/C28H38N6O7/c1-26(2,3)41-25(36)33-17-8-6-16(7-9-17)12-21(35)37-13-19-22-23(40-27(4,5)39-22)28(14-29,38-19)20-11-10-18-24(30)31-15-32-34(18)20/h10-11,15-17,19,22-23H,6-9,12-13H2,1-5H3,(H,33,36)(H2,30,31,32)/t16?,17?,19-,22-,23-,28+/m1/s1. The highest BCUT2D eigenvalue weighted by molar-refractivity contribution is 5.70. The monoisotopic (exact) mass is 570 g/mol. The fourth-order valence-electron chi connectivity index (χ4n) is 5.92. The number of nitrogens with zero attached hydrogens (tertiary/aromatic N) is 4. The van der Waals surface area contributed by atoms with Gasteiger partial charge in [-0.05, 0) is 78.4 Å². The maximum atomic E-state index is 12.8. The average Bonchev–Trinajstić information content (AvgIpc) is 3.54. The molecule has 222 valence electrons. The molecule has 0 bridgehead atoms. The van der Waals surface area contributed by atoms with E-state index in [1.165, 1.54) is 10.8 Å². The molecule has 3 N–H and O–H groups in total. The maximum Gasteiger partial charge on any atom is 0.407 e. The summed E-state index contributed by atoms with van der Waals surface area (Å²) in [6.07, 6.45) is 2.03. The molecule has 2 aromatic heterocycles. The number of nitriles is 1. The summed E-state index contributed by atoms with van der Waals surface area (Å²) >= 11 is 0. The predicted octanol–water partition coefficient (Wildman–Crippen LogP) is 2.97. The third kappa shape index (κ3) is 5.95. The van der Waals surface area contributed by atoms with Crippen molar-refractivity contribution in [2.75, 3.05) is 12.3 Å². The minimum atomic E-state index is -1.58. The molecule has 4 heterocycles. The molecule has 0 unspecified atom stereocenters. The van der Waals surface area contributed by atoms with E-state index < -0.39 is 41.4 Å². The first-order valence-electron chi connectivity index (χ1n) is 14.0. The normalized spacial score (nSPS) is 30.9. The van der Waals surface area contributed by atoms with E-state index in [0.29, 0.717) is 11.2 Å². The molecule has 0 radical (unpaired) electrons. The Morgan fingerprint density at radius 3 is 2.61 bits per heavy atom. The molecule has 13 heteroatoms.